The Morgan fingerprint density at radius 1 is 1.07 bits per heavy atom. The van der Waals surface area contributed by atoms with Crippen LogP contribution in [0.25, 0.3) is 28.3 Å². The number of imidazole rings is 1. The van der Waals surface area contributed by atoms with Crippen LogP contribution in [0.1, 0.15) is 26.3 Å². The van der Waals surface area contributed by atoms with Crippen LogP contribution in [0.2, 0.25) is 0 Å². The van der Waals surface area contributed by atoms with E-state index in [9.17, 15) is 4.39 Å². The number of nitrogens with zero attached hydrogens (tertiary/aromatic N) is 4. The first-order valence-corrected chi connectivity index (χ1v) is 9.41. The first-order valence-electron chi connectivity index (χ1n) is 9.41. The number of nitrogens with one attached hydrogen (secondary N) is 1. The Labute approximate surface area is 168 Å². The smallest absolute Gasteiger partial charge is 0.220 e. The number of benzene rings is 1. The maximum absolute atomic E-state index is 13.4. The monoisotopic (exact) mass is 390 g/mol. The Morgan fingerprint density at radius 2 is 1.83 bits per heavy atom. The second-order valence-corrected chi connectivity index (χ2v) is 7.98. The standard InChI is InChI=1S/C22H23FN6/c1-22(2,3)26-13-14-9-11-29-18(12-14)28-19(15-4-6-16(23)7-5-15)20(29)17-8-10-25-21(24)27-17/h4-12,26H,13H2,1-3H3,(H2,24,25,27). The summed E-state index contributed by atoms with van der Waals surface area (Å²) >= 11 is 0. The predicted octanol–water partition coefficient (Wildman–Crippen LogP) is 4.07. The minimum absolute atomic E-state index is 0.0183. The lowest BCUT2D eigenvalue weighted by molar-refractivity contribution is 0.424. The number of nitrogens with two attached hydrogens (primary N) is 1. The van der Waals surface area contributed by atoms with Gasteiger partial charge in [-0.2, -0.15) is 0 Å². The van der Waals surface area contributed by atoms with Crippen LogP contribution < -0.4 is 11.1 Å². The minimum atomic E-state index is -0.291. The molecule has 0 fully saturated rings. The first kappa shape index (κ1) is 19.0. The number of anilines is 1. The van der Waals surface area contributed by atoms with Crippen molar-refractivity contribution in [1.29, 1.82) is 0 Å². The van der Waals surface area contributed by atoms with E-state index >= 15 is 0 Å². The van der Waals surface area contributed by atoms with E-state index < -0.39 is 0 Å². The minimum Gasteiger partial charge on any atom is -0.368 e. The molecule has 0 atom stereocenters. The molecular weight excluding hydrogens is 367 g/mol. The summed E-state index contributed by atoms with van der Waals surface area (Å²) in [6.07, 6.45) is 3.59. The molecule has 3 aromatic heterocycles. The third-order valence-corrected chi connectivity index (χ3v) is 4.55. The van der Waals surface area contributed by atoms with Crippen LogP contribution in [0.5, 0.6) is 0 Å². The zero-order chi connectivity index (χ0) is 20.6. The lowest BCUT2D eigenvalue weighted by Gasteiger charge is -2.20. The Kier molecular flexibility index (Phi) is 4.76. The molecular formula is C22H23FN6. The fraction of sp³-hybridized carbons (Fsp3) is 0.227. The second-order valence-electron chi connectivity index (χ2n) is 7.98. The maximum atomic E-state index is 13.4. The number of rotatable bonds is 4. The normalized spacial score (nSPS) is 11.9. The number of pyridine rings is 1. The summed E-state index contributed by atoms with van der Waals surface area (Å²) < 4.78 is 15.4. The number of hydrogen-bond acceptors (Lipinski definition) is 5. The summed E-state index contributed by atoms with van der Waals surface area (Å²) in [6, 6.07) is 12.2. The third kappa shape index (κ3) is 4.09. The first-order chi connectivity index (χ1) is 13.8. The van der Waals surface area contributed by atoms with Crippen LogP contribution in [0.15, 0.2) is 54.9 Å². The SMILES string of the molecule is CC(C)(C)NCc1ccn2c(-c3ccnc(N)n3)c(-c3ccc(F)cc3)nc2c1. The molecule has 1 aromatic carbocycles. The van der Waals surface area contributed by atoms with Crippen molar-refractivity contribution in [3.63, 3.8) is 0 Å². The Balaban J connectivity index is 1.87. The van der Waals surface area contributed by atoms with Gasteiger partial charge in [-0.25, -0.2) is 19.3 Å². The van der Waals surface area contributed by atoms with Crippen LogP contribution >= 0.6 is 0 Å². The summed E-state index contributed by atoms with van der Waals surface area (Å²) in [4.78, 5) is 13.2. The van der Waals surface area contributed by atoms with E-state index in [1.54, 1.807) is 24.4 Å². The van der Waals surface area contributed by atoms with Gasteiger partial charge in [0.15, 0.2) is 0 Å². The van der Waals surface area contributed by atoms with Gasteiger partial charge < -0.3 is 11.1 Å². The molecule has 0 saturated heterocycles. The molecule has 0 saturated carbocycles. The topological polar surface area (TPSA) is 81.1 Å². The van der Waals surface area contributed by atoms with Crippen molar-refractivity contribution in [1.82, 2.24) is 24.7 Å². The lowest BCUT2D eigenvalue weighted by Crippen LogP contribution is -2.35. The Hall–Kier alpha value is -3.32. The van der Waals surface area contributed by atoms with Gasteiger partial charge in [-0.05, 0) is 68.8 Å². The Bertz CT molecular complexity index is 1160. The third-order valence-electron chi connectivity index (χ3n) is 4.55. The zero-order valence-corrected chi connectivity index (χ0v) is 16.6. The fourth-order valence-electron chi connectivity index (χ4n) is 3.12. The Morgan fingerprint density at radius 3 is 2.52 bits per heavy atom. The molecule has 0 bridgehead atoms. The van der Waals surface area contributed by atoms with Gasteiger partial charge in [0.1, 0.15) is 11.5 Å². The van der Waals surface area contributed by atoms with Crippen molar-refractivity contribution in [2.75, 3.05) is 5.73 Å². The highest BCUT2D eigenvalue weighted by molar-refractivity contribution is 5.80. The molecule has 6 nitrogen and oxygen atoms in total. The molecule has 0 aliphatic rings. The molecule has 4 aromatic rings. The molecule has 0 amide bonds. The van der Waals surface area contributed by atoms with E-state index in [4.69, 9.17) is 10.7 Å². The van der Waals surface area contributed by atoms with Crippen molar-refractivity contribution in [3.8, 4) is 22.6 Å². The second kappa shape index (κ2) is 7.25. The summed E-state index contributed by atoms with van der Waals surface area (Å²) in [6.45, 7) is 7.12. The number of aromatic nitrogens is 4. The van der Waals surface area contributed by atoms with Gasteiger partial charge in [0.05, 0.1) is 17.1 Å². The molecule has 0 unspecified atom stereocenters. The molecule has 3 N–H and O–H groups in total. The van der Waals surface area contributed by atoms with Crippen LogP contribution in [-0.4, -0.2) is 24.9 Å². The molecule has 0 spiro atoms. The zero-order valence-electron chi connectivity index (χ0n) is 16.6. The van der Waals surface area contributed by atoms with Gasteiger partial charge in [0.25, 0.3) is 0 Å². The lowest BCUT2D eigenvalue weighted by atomic mass is 10.1. The molecule has 148 valence electrons. The van der Waals surface area contributed by atoms with Crippen molar-refractivity contribution < 1.29 is 4.39 Å². The maximum Gasteiger partial charge on any atom is 0.220 e. The van der Waals surface area contributed by atoms with Gasteiger partial charge in [-0.3, -0.25) is 4.40 Å². The summed E-state index contributed by atoms with van der Waals surface area (Å²) in [5, 5.41) is 3.49. The van der Waals surface area contributed by atoms with Crippen LogP contribution in [0, 0.1) is 5.82 Å². The van der Waals surface area contributed by atoms with Gasteiger partial charge >= 0.3 is 0 Å². The summed E-state index contributed by atoms with van der Waals surface area (Å²) in [7, 11) is 0. The van der Waals surface area contributed by atoms with Crippen LogP contribution in [0.4, 0.5) is 10.3 Å². The van der Waals surface area contributed by atoms with Crippen molar-refractivity contribution in [3.05, 3.63) is 66.2 Å². The highest BCUT2D eigenvalue weighted by Crippen LogP contribution is 2.32. The van der Waals surface area contributed by atoms with Crippen LogP contribution in [0.3, 0.4) is 0 Å². The van der Waals surface area contributed by atoms with Gasteiger partial charge in [0, 0.05) is 30.0 Å². The van der Waals surface area contributed by atoms with E-state index in [-0.39, 0.29) is 17.3 Å². The molecule has 7 heteroatoms. The van der Waals surface area contributed by atoms with E-state index in [1.165, 1.54) is 12.1 Å². The molecule has 0 aliphatic heterocycles. The number of nitrogen functional groups attached to an aromatic ring is 1. The molecule has 0 radical (unpaired) electrons. The molecule has 0 aliphatic carbocycles. The number of halogens is 1. The van der Waals surface area contributed by atoms with E-state index in [1.807, 2.05) is 16.7 Å². The van der Waals surface area contributed by atoms with E-state index in [0.29, 0.717) is 11.4 Å². The quantitative estimate of drug-likeness (QED) is 0.549. The predicted molar refractivity (Wildman–Crippen MR) is 113 cm³/mol. The van der Waals surface area contributed by atoms with Gasteiger partial charge in [0.2, 0.25) is 5.95 Å². The van der Waals surface area contributed by atoms with Crippen LogP contribution in [-0.2, 0) is 6.54 Å². The average Bonchev–Trinajstić information content (AvgIpc) is 3.05. The van der Waals surface area contributed by atoms with Crippen molar-refractivity contribution in [2.24, 2.45) is 0 Å². The summed E-state index contributed by atoms with van der Waals surface area (Å²) in [5.41, 5.74) is 10.7. The van der Waals surface area contributed by atoms with Crippen molar-refractivity contribution >= 4 is 11.6 Å². The van der Waals surface area contributed by atoms with E-state index in [0.717, 1.165) is 29.0 Å². The van der Waals surface area contributed by atoms with Gasteiger partial charge in [-0.15, -0.1) is 0 Å². The molecule has 3 heterocycles. The number of hydrogen-bond donors (Lipinski definition) is 2. The highest BCUT2D eigenvalue weighted by atomic mass is 19.1. The largest absolute Gasteiger partial charge is 0.368 e. The van der Waals surface area contributed by atoms with Gasteiger partial charge in [-0.1, -0.05) is 0 Å². The summed E-state index contributed by atoms with van der Waals surface area (Å²) in [5.74, 6) is -0.102. The molecule has 4 rings (SSSR count). The molecule has 29 heavy (non-hydrogen) atoms. The van der Waals surface area contributed by atoms with Crippen molar-refractivity contribution in [2.45, 2.75) is 32.9 Å². The fourth-order valence-corrected chi connectivity index (χ4v) is 3.12. The average molecular weight is 390 g/mol. The number of fused-ring (bicyclic) bond motifs is 1. The highest BCUT2D eigenvalue weighted by Gasteiger charge is 2.18. The van der Waals surface area contributed by atoms with E-state index in [2.05, 4.69) is 42.1 Å².